The molecule has 1 aliphatic heterocycles. The van der Waals surface area contributed by atoms with Gasteiger partial charge in [0, 0.05) is 24.8 Å². The topological polar surface area (TPSA) is 54.0 Å². The van der Waals surface area contributed by atoms with E-state index in [0.717, 1.165) is 31.6 Å². The molecule has 0 aromatic carbocycles. The smallest absolute Gasteiger partial charge is 0.220 e. The first-order valence-corrected chi connectivity index (χ1v) is 6.63. The molecule has 0 radical (unpaired) electrons. The van der Waals surface area contributed by atoms with Crippen molar-refractivity contribution in [1.82, 2.24) is 15.6 Å². The summed E-state index contributed by atoms with van der Waals surface area (Å²) in [6.45, 7) is 2.74. The Kier molecular flexibility index (Phi) is 4.30. The summed E-state index contributed by atoms with van der Waals surface area (Å²) in [5.74, 6) is 0.697. The first-order chi connectivity index (χ1) is 7.84. The number of thiazole rings is 1. The van der Waals surface area contributed by atoms with E-state index in [1.54, 1.807) is 11.3 Å². The molecule has 88 valence electrons. The Bertz CT molecular complexity index is 320. The summed E-state index contributed by atoms with van der Waals surface area (Å²) in [5, 5.41) is 8.23. The molecule has 1 fully saturated rings. The maximum Gasteiger partial charge on any atom is 0.220 e. The van der Waals surface area contributed by atoms with E-state index in [2.05, 4.69) is 15.6 Å². The van der Waals surface area contributed by atoms with Crippen LogP contribution in [0.1, 0.15) is 18.5 Å². The Hall–Kier alpha value is -0.940. The lowest BCUT2D eigenvalue weighted by Crippen LogP contribution is -2.28. The van der Waals surface area contributed by atoms with Gasteiger partial charge in [-0.15, -0.1) is 11.3 Å². The highest BCUT2D eigenvalue weighted by Crippen LogP contribution is 2.11. The van der Waals surface area contributed by atoms with E-state index in [4.69, 9.17) is 0 Å². The van der Waals surface area contributed by atoms with Crippen LogP contribution in [0.4, 0.5) is 0 Å². The quantitative estimate of drug-likeness (QED) is 0.799. The molecule has 2 heterocycles. The van der Waals surface area contributed by atoms with Gasteiger partial charge in [0.05, 0.1) is 11.2 Å². The van der Waals surface area contributed by atoms with Crippen molar-refractivity contribution in [3.63, 3.8) is 0 Å². The second-order valence-electron chi connectivity index (χ2n) is 4.14. The Morgan fingerprint density at radius 1 is 1.69 bits per heavy atom. The largest absolute Gasteiger partial charge is 0.356 e. The van der Waals surface area contributed by atoms with E-state index in [1.165, 1.54) is 0 Å². The lowest BCUT2D eigenvalue weighted by molar-refractivity contribution is -0.121. The molecule has 1 amide bonds. The van der Waals surface area contributed by atoms with E-state index >= 15 is 0 Å². The van der Waals surface area contributed by atoms with Crippen LogP contribution in [-0.2, 0) is 11.2 Å². The van der Waals surface area contributed by atoms with Crippen molar-refractivity contribution < 1.29 is 4.79 Å². The number of amides is 1. The third kappa shape index (κ3) is 3.57. The molecule has 0 spiro atoms. The fourth-order valence-corrected chi connectivity index (χ4v) is 2.51. The number of rotatable bonds is 5. The molecule has 1 aliphatic rings. The SMILES string of the molecule is O=C(CC1CCNC1)NCCc1cscn1. The summed E-state index contributed by atoms with van der Waals surface area (Å²) in [5.41, 5.74) is 2.88. The predicted molar refractivity (Wildman–Crippen MR) is 64.4 cm³/mol. The van der Waals surface area contributed by atoms with Crippen LogP contribution in [0, 0.1) is 5.92 Å². The monoisotopic (exact) mass is 239 g/mol. The highest BCUT2D eigenvalue weighted by molar-refractivity contribution is 7.07. The van der Waals surface area contributed by atoms with Gasteiger partial charge in [-0.1, -0.05) is 0 Å². The zero-order valence-corrected chi connectivity index (χ0v) is 10.1. The maximum absolute atomic E-state index is 11.6. The van der Waals surface area contributed by atoms with Crippen LogP contribution in [0.15, 0.2) is 10.9 Å². The van der Waals surface area contributed by atoms with E-state index in [0.29, 0.717) is 18.9 Å². The van der Waals surface area contributed by atoms with Crippen molar-refractivity contribution in [2.24, 2.45) is 5.92 Å². The number of hydrogen-bond donors (Lipinski definition) is 2. The molecule has 1 aromatic rings. The van der Waals surface area contributed by atoms with E-state index in [1.807, 2.05) is 10.9 Å². The van der Waals surface area contributed by atoms with Gasteiger partial charge in [-0.05, 0) is 25.4 Å². The van der Waals surface area contributed by atoms with Crippen LogP contribution < -0.4 is 10.6 Å². The molecule has 0 saturated carbocycles. The van der Waals surface area contributed by atoms with Crippen molar-refractivity contribution in [2.75, 3.05) is 19.6 Å². The molecule has 5 heteroatoms. The van der Waals surface area contributed by atoms with Crippen LogP contribution in [0.25, 0.3) is 0 Å². The number of aromatic nitrogens is 1. The Balaban J connectivity index is 1.60. The first kappa shape index (κ1) is 11.5. The summed E-state index contributed by atoms with van der Waals surface area (Å²) in [6.07, 6.45) is 2.61. The van der Waals surface area contributed by atoms with Crippen LogP contribution in [0.5, 0.6) is 0 Å². The zero-order valence-electron chi connectivity index (χ0n) is 9.24. The minimum atomic E-state index is 0.170. The average Bonchev–Trinajstić information content (AvgIpc) is 2.90. The second kappa shape index (κ2) is 5.96. The molecule has 0 aliphatic carbocycles. The molecule has 1 atom stereocenters. The van der Waals surface area contributed by atoms with Gasteiger partial charge in [0.2, 0.25) is 5.91 Å². The van der Waals surface area contributed by atoms with Gasteiger partial charge in [0.15, 0.2) is 0 Å². The standard InChI is InChI=1S/C11H17N3OS/c15-11(5-9-1-3-12-6-9)13-4-2-10-7-16-8-14-10/h7-9,12H,1-6H2,(H,13,15). The summed E-state index contributed by atoms with van der Waals surface area (Å²) in [6, 6.07) is 0. The normalized spacial score (nSPS) is 19.9. The second-order valence-corrected chi connectivity index (χ2v) is 4.86. The lowest BCUT2D eigenvalue weighted by atomic mass is 10.0. The van der Waals surface area contributed by atoms with Gasteiger partial charge >= 0.3 is 0 Å². The van der Waals surface area contributed by atoms with E-state index in [9.17, 15) is 4.79 Å². The van der Waals surface area contributed by atoms with Crippen LogP contribution in [0.3, 0.4) is 0 Å². The molecular formula is C11H17N3OS. The average molecular weight is 239 g/mol. The van der Waals surface area contributed by atoms with Gasteiger partial charge in [-0.25, -0.2) is 4.98 Å². The molecule has 4 nitrogen and oxygen atoms in total. The van der Waals surface area contributed by atoms with Crippen LogP contribution >= 0.6 is 11.3 Å². The number of nitrogens with zero attached hydrogens (tertiary/aromatic N) is 1. The van der Waals surface area contributed by atoms with Crippen molar-refractivity contribution in [2.45, 2.75) is 19.3 Å². The van der Waals surface area contributed by atoms with E-state index < -0.39 is 0 Å². The van der Waals surface area contributed by atoms with Gasteiger partial charge in [-0.2, -0.15) is 0 Å². The molecule has 1 unspecified atom stereocenters. The Morgan fingerprint density at radius 3 is 3.31 bits per heavy atom. The van der Waals surface area contributed by atoms with Crippen molar-refractivity contribution in [1.29, 1.82) is 0 Å². The minimum absolute atomic E-state index is 0.170. The number of hydrogen-bond acceptors (Lipinski definition) is 4. The fourth-order valence-electron chi connectivity index (χ4n) is 1.91. The van der Waals surface area contributed by atoms with Gasteiger partial charge in [0.1, 0.15) is 0 Å². The van der Waals surface area contributed by atoms with Gasteiger partial charge < -0.3 is 10.6 Å². The zero-order chi connectivity index (χ0) is 11.2. The highest BCUT2D eigenvalue weighted by Gasteiger charge is 2.17. The van der Waals surface area contributed by atoms with Crippen molar-refractivity contribution >= 4 is 17.2 Å². The Morgan fingerprint density at radius 2 is 2.62 bits per heavy atom. The van der Waals surface area contributed by atoms with Gasteiger partial charge in [0.25, 0.3) is 0 Å². The third-order valence-corrected chi connectivity index (χ3v) is 3.46. The maximum atomic E-state index is 11.6. The summed E-state index contributed by atoms with van der Waals surface area (Å²) >= 11 is 1.59. The highest BCUT2D eigenvalue weighted by atomic mass is 32.1. The third-order valence-electron chi connectivity index (χ3n) is 2.82. The van der Waals surface area contributed by atoms with Crippen LogP contribution in [-0.4, -0.2) is 30.5 Å². The fraction of sp³-hybridized carbons (Fsp3) is 0.636. The number of carbonyl (C=O) groups is 1. The molecule has 1 saturated heterocycles. The van der Waals surface area contributed by atoms with E-state index in [-0.39, 0.29) is 5.91 Å². The first-order valence-electron chi connectivity index (χ1n) is 5.69. The Labute approximate surface area is 99.5 Å². The molecule has 2 rings (SSSR count). The molecule has 0 bridgehead atoms. The van der Waals surface area contributed by atoms with Gasteiger partial charge in [-0.3, -0.25) is 4.79 Å². The van der Waals surface area contributed by atoms with Crippen molar-refractivity contribution in [3.8, 4) is 0 Å². The number of carbonyl (C=O) groups excluding carboxylic acids is 1. The molecular weight excluding hydrogens is 222 g/mol. The molecule has 16 heavy (non-hydrogen) atoms. The minimum Gasteiger partial charge on any atom is -0.356 e. The lowest BCUT2D eigenvalue weighted by Gasteiger charge is -2.08. The summed E-state index contributed by atoms with van der Waals surface area (Å²) in [4.78, 5) is 15.7. The summed E-state index contributed by atoms with van der Waals surface area (Å²) in [7, 11) is 0. The number of nitrogens with one attached hydrogen (secondary N) is 2. The summed E-state index contributed by atoms with van der Waals surface area (Å²) < 4.78 is 0. The molecule has 1 aromatic heterocycles. The molecule has 2 N–H and O–H groups in total. The van der Waals surface area contributed by atoms with Crippen LogP contribution in [0.2, 0.25) is 0 Å². The predicted octanol–water partition coefficient (Wildman–Crippen LogP) is 0.801. The van der Waals surface area contributed by atoms with Crippen molar-refractivity contribution in [3.05, 3.63) is 16.6 Å².